The van der Waals surface area contributed by atoms with Crippen LogP contribution in [0.25, 0.3) is 0 Å². The van der Waals surface area contributed by atoms with Gasteiger partial charge in [0, 0.05) is 6.54 Å². The summed E-state index contributed by atoms with van der Waals surface area (Å²) in [4.78, 5) is 10.8. The molecule has 108 valence electrons. The highest BCUT2D eigenvalue weighted by Crippen LogP contribution is 2.48. The van der Waals surface area contributed by atoms with Crippen LogP contribution in [-0.4, -0.2) is 11.5 Å². The van der Waals surface area contributed by atoms with Gasteiger partial charge in [-0.1, -0.05) is 12.5 Å². The lowest BCUT2D eigenvalue weighted by Gasteiger charge is -2.22. The highest BCUT2D eigenvalue weighted by Gasteiger charge is 2.39. The molecule has 0 heterocycles. The van der Waals surface area contributed by atoms with E-state index in [1.807, 2.05) is 0 Å². The Morgan fingerprint density at radius 2 is 2.10 bits per heavy atom. The molecule has 6 heteroatoms. The zero-order chi connectivity index (χ0) is 14.1. The van der Waals surface area contributed by atoms with Crippen LogP contribution in [0, 0.1) is 27.9 Å². The molecule has 2 bridgehead atoms. The van der Waals surface area contributed by atoms with Crippen molar-refractivity contribution in [2.24, 2.45) is 23.6 Å². The Morgan fingerprint density at radius 1 is 1.30 bits per heavy atom. The zero-order valence-electron chi connectivity index (χ0n) is 11.3. The van der Waals surface area contributed by atoms with Crippen LogP contribution in [0.3, 0.4) is 0 Å². The molecule has 0 saturated heterocycles. The van der Waals surface area contributed by atoms with Crippen molar-refractivity contribution < 1.29 is 4.92 Å². The number of rotatable bonds is 5. The molecular weight excluding hydrogens is 256 g/mol. The number of hydrogen-bond acceptors (Lipinski definition) is 5. The van der Waals surface area contributed by atoms with Crippen LogP contribution in [0.5, 0.6) is 0 Å². The first-order valence-electron chi connectivity index (χ1n) is 7.17. The van der Waals surface area contributed by atoms with Crippen LogP contribution in [0.15, 0.2) is 18.2 Å². The molecule has 1 aromatic rings. The first-order chi connectivity index (χ1) is 9.69. The number of nitro benzene ring substituents is 1. The Morgan fingerprint density at radius 3 is 2.70 bits per heavy atom. The highest BCUT2D eigenvalue weighted by atomic mass is 16.6. The fourth-order valence-electron chi connectivity index (χ4n) is 3.87. The fourth-order valence-corrected chi connectivity index (χ4v) is 3.87. The average molecular weight is 276 g/mol. The van der Waals surface area contributed by atoms with Crippen molar-refractivity contribution in [1.29, 1.82) is 0 Å². The van der Waals surface area contributed by atoms with Gasteiger partial charge >= 0.3 is 5.69 Å². The Labute approximate surface area is 117 Å². The second-order valence-corrected chi connectivity index (χ2v) is 5.92. The van der Waals surface area contributed by atoms with Crippen molar-refractivity contribution in [3.05, 3.63) is 28.3 Å². The van der Waals surface area contributed by atoms with Gasteiger partial charge in [-0.2, -0.15) is 0 Å². The number of nitrogens with one attached hydrogen (secondary N) is 2. The summed E-state index contributed by atoms with van der Waals surface area (Å²) in [6, 6.07) is 5.12. The van der Waals surface area contributed by atoms with Crippen molar-refractivity contribution in [3.63, 3.8) is 0 Å². The van der Waals surface area contributed by atoms with E-state index >= 15 is 0 Å². The minimum absolute atomic E-state index is 0.0261. The number of anilines is 2. The third-order valence-corrected chi connectivity index (χ3v) is 4.81. The second kappa shape index (κ2) is 5.28. The SMILES string of the molecule is NNc1cccc(NCC2CC3CCC2C3)c1[N+](=O)[O-]. The van der Waals surface area contributed by atoms with E-state index in [9.17, 15) is 10.1 Å². The van der Waals surface area contributed by atoms with E-state index in [1.54, 1.807) is 18.2 Å². The van der Waals surface area contributed by atoms with Crippen molar-refractivity contribution >= 4 is 17.1 Å². The Hall–Kier alpha value is -1.82. The fraction of sp³-hybridized carbons (Fsp3) is 0.571. The van der Waals surface area contributed by atoms with Crippen LogP contribution in [-0.2, 0) is 0 Å². The second-order valence-electron chi connectivity index (χ2n) is 5.92. The Bertz CT molecular complexity index is 520. The predicted molar refractivity (Wildman–Crippen MR) is 78.3 cm³/mol. The number of benzene rings is 1. The molecule has 3 rings (SSSR count). The summed E-state index contributed by atoms with van der Waals surface area (Å²) >= 11 is 0. The minimum atomic E-state index is -0.391. The van der Waals surface area contributed by atoms with Crippen LogP contribution < -0.4 is 16.6 Å². The molecule has 2 saturated carbocycles. The number of nitrogen functional groups attached to an aromatic ring is 1. The average Bonchev–Trinajstić information content (AvgIpc) is 3.06. The number of nitro groups is 1. The lowest BCUT2D eigenvalue weighted by atomic mass is 9.89. The normalized spacial score (nSPS) is 27.6. The maximum Gasteiger partial charge on any atom is 0.316 e. The third-order valence-electron chi connectivity index (χ3n) is 4.81. The molecule has 0 radical (unpaired) electrons. The summed E-state index contributed by atoms with van der Waals surface area (Å²) < 4.78 is 0. The van der Waals surface area contributed by atoms with Crippen LogP contribution in [0.2, 0.25) is 0 Å². The minimum Gasteiger partial charge on any atom is -0.379 e. The van der Waals surface area contributed by atoms with Crippen molar-refractivity contribution in [1.82, 2.24) is 0 Å². The number of hydrogen-bond donors (Lipinski definition) is 3. The maximum absolute atomic E-state index is 11.2. The number of nitrogens with zero attached hydrogens (tertiary/aromatic N) is 1. The van der Waals surface area contributed by atoms with Crippen molar-refractivity contribution in [2.45, 2.75) is 25.7 Å². The van der Waals surface area contributed by atoms with Gasteiger partial charge in [-0.15, -0.1) is 0 Å². The molecule has 0 amide bonds. The van der Waals surface area contributed by atoms with Crippen LogP contribution in [0.4, 0.5) is 17.1 Å². The predicted octanol–water partition coefficient (Wildman–Crippen LogP) is 2.73. The van der Waals surface area contributed by atoms with Crippen LogP contribution >= 0.6 is 0 Å². The van der Waals surface area contributed by atoms with E-state index in [4.69, 9.17) is 5.84 Å². The molecule has 2 aliphatic rings. The van der Waals surface area contributed by atoms with Gasteiger partial charge in [-0.05, 0) is 49.1 Å². The number of fused-ring (bicyclic) bond motifs is 2. The molecule has 2 fully saturated rings. The van der Waals surface area contributed by atoms with Gasteiger partial charge in [-0.3, -0.25) is 16.0 Å². The molecular formula is C14H20N4O2. The molecule has 0 aromatic heterocycles. The van der Waals surface area contributed by atoms with Gasteiger partial charge in [0.05, 0.1) is 4.92 Å². The lowest BCUT2D eigenvalue weighted by Crippen LogP contribution is -2.20. The molecule has 6 nitrogen and oxygen atoms in total. The summed E-state index contributed by atoms with van der Waals surface area (Å²) in [7, 11) is 0. The zero-order valence-corrected chi connectivity index (χ0v) is 11.3. The smallest absolute Gasteiger partial charge is 0.316 e. The lowest BCUT2D eigenvalue weighted by molar-refractivity contribution is -0.383. The number of para-hydroxylation sites is 1. The molecule has 4 N–H and O–H groups in total. The molecule has 3 atom stereocenters. The van der Waals surface area contributed by atoms with Gasteiger partial charge in [0.1, 0.15) is 11.4 Å². The Balaban J connectivity index is 1.72. The highest BCUT2D eigenvalue weighted by molar-refractivity contribution is 5.75. The molecule has 1 aromatic carbocycles. The summed E-state index contributed by atoms with van der Waals surface area (Å²) in [5.74, 6) is 7.69. The van der Waals surface area contributed by atoms with Gasteiger partial charge in [-0.25, -0.2) is 0 Å². The first-order valence-corrected chi connectivity index (χ1v) is 7.17. The molecule has 20 heavy (non-hydrogen) atoms. The van der Waals surface area contributed by atoms with Crippen molar-refractivity contribution in [3.8, 4) is 0 Å². The van der Waals surface area contributed by atoms with Gasteiger partial charge < -0.3 is 10.7 Å². The van der Waals surface area contributed by atoms with Gasteiger partial charge in [0.25, 0.3) is 0 Å². The first kappa shape index (κ1) is 13.2. The van der Waals surface area contributed by atoms with Crippen molar-refractivity contribution in [2.75, 3.05) is 17.3 Å². The Kier molecular flexibility index (Phi) is 3.48. The van der Waals surface area contributed by atoms with E-state index in [1.165, 1.54) is 25.7 Å². The molecule has 3 unspecified atom stereocenters. The quantitative estimate of drug-likeness (QED) is 0.437. The molecule has 0 spiro atoms. The summed E-state index contributed by atoms with van der Waals surface area (Å²) in [6.45, 7) is 0.816. The summed E-state index contributed by atoms with van der Waals surface area (Å²) in [6.07, 6.45) is 5.30. The largest absolute Gasteiger partial charge is 0.379 e. The number of hydrazine groups is 1. The standard InChI is InChI=1S/C14H20N4O2/c15-17-13-3-1-2-12(14(13)18(19)20)16-8-11-7-9-4-5-10(11)6-9/h1-3,9-11,16-17H,4-8,15H2. The summed E-state index contributed by atoms with van der Waals surface area (Å²) in [5.41, 5.74) is 3.31. The van der Waals surface area contributed by atoms with E-state index in [0.717, 1.165) is 18.4 Å². The van der Waals surface area contributed by atoms with E-state index < -0.39 is 4.92 Å². The summed E-state index contributed by atoms with van der Waals surface area (Å²) in [5, 5.41) is 14.5. The molecule has 0 aliphatic heterocycles. The van der Waals surface area contributed by atoms with E-state index in [2.05, 4.69) is 10.7 Å². The number of nitrogens with two attached hydrogens (primary N) is 1. The third kappa shape index (κ3) is 2.31. The van der Waals surface area contributed by atoms with E-state index in [0.29, 0.717) is 17.3 Å². The van der Waals surface area contributed by atoms with Gasteiger partial charge in [0.15, 0.2) is 0 Å². The molecule has 2 aliphatic carbocycles. The van der Waals surface area contributed by atoms with Crippen LogP contribution in [0.1, 0.15) is 25.7 Å². The van der Waals surface area contributed by atoms with Gasteiger partial charge in [0.2, 0.25) is 0 Å². The maximum atomic E-state index is 11.2. The van der Waals surface area contributed by atoms with E-state index in [-0.39, 0.29) is 5.69 Å². The topological polar surface area (TPSA) is 93.2 Å². The monoisotopic (exact) mass is 276 g/mol.